The number of nitrogens with zero attached hydrogens (tertiary/aromatic N) is 2. The maximum atomic E-state index is 13.5. The molecule has 0 radical (unpaired) electrons. The summed E-state index contributed by atoms with van der Waals surface area (Å²) in [5.41, 5.74) is 0.784. The lowest BCUT2D eigenvalue weighted by molar-refractivity contribution is 0.309. The van der Waals surface area contributed by atoms with Crippen molar-refractivity contribution >= 4 is 48.9 Å². The van der Waals surface area contributed by atoms with Crippen molar-refractivity contribution in [3.63, 3.8) is 0 Å². The molecule has 1 aliphatic heterocycles. The van der Waals surface area contributed by atoms with Crippen molar-refractivity contribution in [1.82, 2.24) is 5.32 Å². The number of benzene rings is 3. The van der Waals surface area contributed by atoms with E-state index < -0.39 is 20.0 Å². The van der Waals surface area contributed by atoms with Crippen LogP contribution in [0.4, 0.5) is 17.1 Å². The van der Waals surface area contributed by atoms with Crippen molar-refractivity contribution < 1.29 is 21.6 Å². The molecule has 1 heterocycles. The van der Waals surface area contributed by atoms with Crippen LogP contribution in [0, 0.1) is 0 Å². The van der Waals surface area contributed by atoms with Crippen molar-refractivity contribution in [3.05, 3.63) is 72.8 Å². The van der Waals surface area contributed by atoms with Crippen LogP contribution in [-0.4, -0.2) is 49.6 Å². The predicted molar refractivity (Wildman–Crippen MR) is 156 cm³/mol. The van der Waals surface area contributed by atoms with Crippen LogP contribution in [0.1, 0.15) is 26.2 Å². The summed E-state index contributed by atoms with van der Waals surface area (Å²) in [6, 6.07) is 18.7. The molecule has 1 fully saturated rings. The molecule has 12 heteroatoms. The minimum absolute atomic E-state index is 0.0175. The Bertz CT molecular complexity index is 1450. The number of ether oxygens (including phenoxy) is 1. The Morgan fingerprint density at radius 3 is 2.41 bits per heavy atom. The first-order chi connectivity index (χ1) is 18.7. The Balaban J connectivity index is 1.69. The van der Waals surface area contributed by atoms with E-state index in [1.165, 1.54) is 30.3 Å². The first-order valence-corrected chi connectivity index (χ1v) is 16.1. The van der Waals surface area contributed by atoms with Gasteiger partial charge in [-0.2, -0.15) is 12.2 Å². The largest absolute Gasteiger partial charge is 0.494 e. The van der Waals surface area contributed by atoms with E-state index in [0.717, 1.165) is 51.1 Å². The van der Waals surface area contributed by atoms with Gasteiger partial charge in [0, 0.05) is 37.1 Å². The third-order valence-corrected chi connectivity index (χ3v) is 9.87. The van der Waals surface area contributed by atoms with Gasteiger partial charge in [0.2, 0.25) is 0 Å². The molecule has 0 bridgehead atoms. The molecule has 0 saturated carbocycles. The first kappa shape index (κ1) is 29.0. The molecule has 0 atom stereocenters. The van der Waals surface area contributed by atoms with Gasteiger partial charge in [0.1, 0.15) is 5.75 Å². The van der Waals surface area contributed by atoms with Gasteiger partial charge >= 0.3 is 0 Å². The highest BCUT2D eigenvalue weighted by Gasteiger charge is 2.28. The van der Waals surface area contributed by atoms with Gasteiger partial charge in [-0.3, -0.25) is 4.72 Å². The van der Waals surface area contributed by atoms with Crippen LogP contribution in [0.2, 0.25) is 0 Å². The number of halogens is 1. The molecular weight excluding hydrogens is 560 g/mol. The van der Waals surface area contributed by atoms with E-state index in [1.807, 2.05) is 0 Å². The topological polar surface area (TPSA) is 108 Å². The second-order valence-corrected chi connectivity index (χ2v) is 13.1. The molecule has 1 aliphatic rings. The molecule has 9 nitrogen and oxygen atoms in total. The maximum absolute atomic E-state index is 13.5. The normalized spacial score (nSPS) is 14.5. The van der Waals surface area contributed by atoms with Gasteiger partial charge in [-0.05, 0) is 74.0 Å². The average Bonchev–Trinajstić information content (AvgIpc) is 3.23. The summed E-state index contributed by atoms with van der Waals surface area (Å²) in [7, 11) is -8.26. The minimum Gasteiger partial charge on any atom is -0.494 e. The zero-order chi connectivity index (χ0) is 27.9. The molecule has 3 aromatic carbocycles. The number of anilines is 3. The van der Waals surface area contributed by atoms with Gasteiger partial charge in [-0.1, -0.05) is 31.5 Å². The van der Waals surface area contributed by atoms with Crippen LogP contribution in [0.3, 0.4) is 0 Å². The quantitative estimate of drug-likeness (QED) is 0.243. The highest BCUT2D eigenvalue weighted by Crippen LogP contribution is 2.37. The average molecular weight is 593 g/mol. The minimum atomic E-state index is -4.24. The van der Waals surface area contributed by atoms with Gasteiger partial charge in [0.15, 0.2) is 0 Å². The van der Waals surface area contributed by atoms with Crippen LogP contribution >= 0.6 is 11.8 Å². The summed E-state index contributed by atoms with van der Waals surface area (Å²) >= 11 is 6.47. The van der Waals surface area contributed by atoms with E-state index in [-0.39, 0.29) is 21.2 Å². The fourth-order valence-electron chi connectivity index (χ4n) is 4.13. The fraction of sp³-hybridized carbons (Fsp3) is 0.333. The Kier molecular flexibility index (Phi) is 9.60. The molecule has 0 unspecified atom stereocenters. The molecule has 3 aromatic rings. The third kappa shape index (κ3) is 7.16. The van der Waals surface area contributed by atoms with Gasteiger partial charge in [0.05, 0.1) is 27.8 Å². The van der Waals surface area contributed by atoms with Crippen molar-refractivity contribution in [2.24, 2.45) is 0 Å². The van der Waals surface area contributed by atoms with Crippen molar-refractivity contribution in [2.75, 3.05) is 46.2 Å². The van der Waals surface area contributed by atoms with Crippen molar-refractivity contribution in [1.29, 1.82) is 0 Å². The number of rotatable bonds is 11. The Hall–Kier alpha value is -2.99. The van der Waals surface area contributed by atoms with Crippen LogP contribution < -0.4 is 23.5 Å². The predicted octanol–water partition coefficient (Wildman–Crippen LogP) is 4.82. The van der Waals surface area contributed by atoms with E-state index in [2.05, 4.69) is 21.9 Å². The monoisotopic (exact) mass is 592 g/mol. The number of nitrogens with one attached hydrogen (secondary N) is 2. The lowest BCUT2D eigenvalue weighted by atomic mass is 10.2. The van der Waals surface area contributed by atoms with E-state index in [9.17, 15) is 16.8 Å². The zero-order valence-electron chi connectivity index (χ0n) is 21.7. The second-order valence-electron chi connectivity index (χ2n) is 9.10. The molecule has 0 spiro atoms. The van der Waals surface area contributed by atoms with E-state index in [4.69, 9.17) is 16.5 Å². The van der Waals surface area contributed by atoms with Crippen LogP contribution in [0.25, 0.3) is 0 Å². The van der Waals surface area contributed by atoms with Crippen molar-refractivity contribution in [3.8, 4) is 5.75 Å². The van der Waals surface area contributed by atoms with Crippen LogP contribution in [0.15, 0.2) is 82.6 Å². The van der Waals surface area contributed by atoms with Crippen LogP contribution in [0.5, 0.6) is 5.75 Å². The van der Waals surface area contributed by atoms with Gasteiger partial charge in [-0.25, -0.2) is 8.42 Å². The molecular formula is C27H33ClN4O5S2. The number of hydrogen-bond donors (Lipinski definition) is 2. The molecule has 0 aromatic heterocycles. The van der Waals surface area contributed by atoms with E-state index in [1.54, 1.807) is 42.5 Å². The molecule has 39 heavy (non-hydrogen) atoms. The maximum Gasteiger partial charge on any atom is 0.278 e. The molecule has 210 valence electrons. The Morgan fingerprint density at radius 2 is 1.69 bits per heavy atom. The summed E-state index contributed by atoms with van der Waals surface area (Å²) in [6.07, 6.45) is 2.79. The van der Waals surface area contributed by atoms with Gasteiger partial charge < -0.3 is 15.0 Å². The molecule has 0 amide bonds. The van der Waals surface area contributed by atoms with Gasteiger partial charge in [-0.15, -0.1) is 0 Å². The SMILES string of the molecule is CCCCOc1ccc(S(=O)(=O)N(Cl)c2ccc(N3CCCNCC3)cc2NS(=O)(=O)c2ccccc2)cc1. The number of hydrogen-bond acceptors (Lipinski definition) is 7. The molecule has 4 rings (SSSR count). The third-order valence-electron chi connectivity index (χ3n) is 6.27. The summed E-state index contributed by atoms with van der Waals surface area (Å²) in [5, 5.41) is 3.34. The van der Waals surface area contributed by atoms with Crippen molar-refractivity contribution in [2.45, 2.75) is 36.0 Å². The summed E-state index contributed by atoms with van der Waals surface area (Å²) in [4.78, 5) is 2.11. The molecule has 0 aliphatic carbocycles. The summed E-state index contributed by atoms with van der Waals surface area (Å²) in [5.74, 6) is 0.552. The number of sulfonamides is 2. The fourth-order valence-corrected chi connectivity index (χ4v) is 6.68. The molecule has 2 N–H and O–H groups in total. The summed E-state index contributed by atoms with van der Waals surface area (Å²) < 4.78 is 62.2. The highest BCUT2D eigenvalue weighted by molar-refractivity contribution is 7.94. The van der Waals surface area contributed by atoms with Gasteiger partial charge in [0.25, 0.3) is 20.0 Å². The number of unbranched alkanes of at least 4 members (excludes halogenated alkanes) is 1. The lowest BCUT2D eigenvalue weighted by Gasteiger charge is -2.26. The second kappa shape index (κ2) is 12.9. The summed E-state index contributed by atoms with van der Waals surface area (Å²) in [6.45, 7) is 5.75. The Labute approximate surface area is 235 Å². The zero-order valence-corrected chi connectivity index (χ0v) is 24.1. The molecule has 1 saturated heterocycles. The standard InChI is InChI=1S/C27H33ClN4O5S2/c1-2-3-20-37-23-11-13-25(14-12-23)39(35,36)32(28)27-15-10-22(31-18-7-16-29-17-19-31)21-26(27)30-38(33,34)24-8-5-4-6-9-24/h4-6,8-15,21,29-30H,2-3,7,16-20H2,1H3. The van der Waals surface area contributed by atoms with Crippen LogP contribution in [-0.2, 0) is 20.0 Å². The Morgan fingerprint density at radius 1 is 0.949 bits per heavy atom. The lowest BCUT2D eigenvalue weighted by Crippen LogP contribution is -2.28. The van der Waals surface area contributed by atoms with E-state index >= 15 is 0 Å². The smallest absolute Gasteiger partial charge is 0.278 e. The van der Waals surface area contributed by atoms with E-state index in [0.29, 0.717) is 16.2 Å². The first-order valence-electron chi connectivity index (χ1n) is 12.8. The highest BCUT2D eigenvalue weighted by atomic mass is 35.5.